The number of carboxylic acid groups (broad SMARTS) is 1. The van der Waals surface area contributed by atoms with Crippen LogP contribution >= 0.6 is 0 Å². The molecule has 4 N–H and O–H groups in total. The number of carbonyl (C=O) groups is 3. The molecule has 0 amide bonds. The Morgan fingerprint density at radius 3 is 1.92 bits per heavy atom. The van der Waals surface area contributed by atoms with Gasteiger partial charge in [-0.15, -0.1) is 0 Å². The molecule has 1 unspecified atom stereocenters. The molecule has 2 aromatic rings. The molecule has 0 radical (unpaired) electrons. The van der Waals surface area contributed by atoms with Crippen LogP contribution in [0.2, 0.25) is 0 Å². The Kier molecular flexibility index (Phi) is 3.23. The van der Waals surface area contributed by atoms with Gasteiger partial charge in [-0.25, -0.2) is 4.79 Å². The van der Waals surface area contributed by atoms with Gasteiger partial charge in [0, 0.05) is 28.7 Å². The van der Waals surface area contributed by atoms with E-state index in [0.29, 0.717) is 0 Å². The van der Waals surface area contributed by atoms with Crippen LogP contribution in [0.3, 0.4) is 0 Å². The Balaban J connectivity index is 2.00. The molecule has 4 rings (SSSR count). The lowest BCUT2D eigenvalue weighted by Gasteiger charge is -2.32. The summed E-state index contributed by atoms with van der Waals surface area (Å²) in [6, 6.07) is 6.09. The van der Waals surface area contributed by atoms with Crippen LogP contribution in [-0.4, -0.2) is 43.6 Å². The largest absolute Gasteiger partial charge is 0.507 e. The second-order valence-electron chi connectivity index (χ2n) is 6.62. The number of phenols is 2. The van der Waals surface area contributed by atoms with Gasteiger partial charge in [0.15, 0.2) is 17.2 Å². The lowest BCUT2D eigenvalue weighted by atomic mass is 9.74. The monoisotopic (exact) mass is 354 g/mol. The molecule has 26 heavy (non-hydrogen) atoms. The lowest BCUT2D eigenvalue weighted by Crippen LogP contribution is -2.44. The highest BCUT2D eigenvalue weighted by Crippen LogP contribution is 2.46. The van der Waals surface area contributed by atoms with E-state index >= 15 is 0 Å². The maximum absolute atomic E-state index is 12.8. The Bertz CT molecular complexity index is 1020. The molecular formula is C19H14O7. The first-order valence-corrected chi connectivity index (χ1v) is 8.00. The number of carbonyl (C=O) groups excluding carboxylic acids is 2. The van der Waals surface area contributed by atoms with Crippen LogP contribution in [0, 0.1) is 0 Å². The fourth-order valence-electron chi connectivity index (χ4n) is 3.77. The van der Waals surface area contributed by atoms with Crippen LogP contribution in [0.15, 0.2) is 24.3 Å². The van der Waals surface area contributed by atoms with E-state index in [0.717, 1.165) is 0 Å². The summed E-state index contributed by atoms with van der Waals surface area (Å²) in [5.74, 6) is -3.65. The number of phenolic OH excluding ortho intramolecular Hbond substituents is 2. The maximum Gasteiger partial charge on any atom is 0.336 e. The highest BCUT2D eigenvalue weighted by molar-refractivity contribution is 6.30. The lowest BCUT2D eigenvalue weighted by molar-refractivity contribution is -0.159. The summed E-state index contributed by atoms with van der Waals surface area (Å²) in [5, 5.41) is 40.7. The topological polar surface area (TPSA) is 132 Å². The zero-order chi connectivity index (χ0) is 18.8. The average Bonchev–Trinajstić information content (AvgIpc) is 2.62. The molecule has 2 aliphatic rings. The molecular weight excluding hydrogens is 340 g/mol. The second kappa shape index (κ2) is 5.15. The first kappa shape index (κ1) is 16.3. The highest BCUT2D eigenvalue weighted by Gasteiger charge is 2.45. The normalized spacial score (nSPS) is 21.0. The smallest absolute Gasteiger partial charge is 0.336 e. The van der Waals surface area contributed by atoms with Crippen LogP contribution in [0.25, 0.3) is 0 Å². The first-order valence-electron chi connectivity index (χ1n) is 8.00. The predicted molar refractivity (Wildman–Crippen MR) is 87.7 cm³/mol. The van der Waals surface area contributed by atoms with Gasteiger partial charge in [-0.3, -0.25) is 9.59 Å². The zero-order valence-corrected chi connectivity index (χ0v) is 13.4. The standard InChI is InChI=1S/C19H14O7/c20-14-8-3-1-2-4-9(8)15(21)13-12(14)16(22)10-5-6-19(26,18(24)25)7-11(10)17(13)23/h1-4,22-23,26H,5-7H2,(H,24,25). The van der Waals surface area contributed by atoms with Crippen molar-refractivity contribution in [3.8, 4) is 11.5 Å². The van der Waals surface area contributed by atoms with Crippen molar-refractivity contribution in [1.29, 1.82) is 0 Å². The summed E-state index contributed by atoms with van der Waals surface area (Å²) in [5.41, 5.74) is -2.32. The van der Waals surface area contributed by atoms with E-state index in [1.165, 1.54) is 12.1 Å². The van der Waals surface area contributed by atoms with Crippen molar-refractivity contribution < 1.29 is 34.8 Å². The van der Waals surface area contributed by atoms with Crippen molar-refractivity contribution in [3.63, 3.8) is 0 Å². The number of carboxylic acids is 1. The van der Waals surface area contributed by atoms with Crippen LogP contribution in [-0.2, 0) is 17.6 Å². The van der Waals surface area contributed by atoms with Gasteiger partial charge in [0.2, 0.25) is 0 Å². The SMILES string of the molecule is O=C1c2ccccc2C(=O)c2c(O)c3c(c(O)c21)CCC(O)(C(=O)O)C3. The van der Waals surface area contributed by atoms with Gasteiger partial charge < -0.3 is 20.4 Å². The molecule has 0 bridgehead atoms. The molecule has 7 nitrogen and oxygen atoms in total. The second-order valence-corrected chi connectivity index (χ2v) is 6.62. The number of aliphatic hydroxyl groups is 1. The van der Waals surface area contributed by atoms with E-state index < -0.39 is 41.1 Å². The molecule has 0 fully saturated rings. The molecule has 132 valence electrons. The minimum Gasteiger partial charge on any atom is -0.507 e. The van der Waals surface area contributed by atoms with Crippen LogP contribution in [0.1, 0.15) is 49.4 Å². The average molecular weight is 354 g/mol. The molecule has 0 aliphatic heterocycles. The van der Waals surface area contributed by atoms with E-state index in [-0.39, 0.29) is 46.2 Å². The number of aromatic hydroxyl groups is 2. The Morgan fingerprint density at radius 1 is 0.923 bits per heavy atom. The third-order valence-electron chi connectivity index (χ3n) is 5.19. The number of hydrogen-bond donors (Lipinski definition) is 4. The molecule has 0 aromatic heterocycles. The van der Waals surface area contributed by atoms with Crippen molar-refractivity contribution >= 4 is 17.5 Å². The van der Waals surface area contributed by atoms with Gasteiger partial charge in [-0.2, -0.15) is 0 Å². The maximum atomic E-state index is 12.8. The van der Waals surface area contributed by atoms with Gasteiger partial charge in [-0.1, -0.05) is 24.3 Å². The van der Waals surface area contributed by atoms with E-state index in [1.807, 2.05) is 0 Å². The number of rotatable bonds is 1. The number of aliphatic carboxylic acids is 1. The molecule has 1 atom stereocenters. The minimum absolute atomic E-state index is 0.0158. The summed E-state index contributed by atoms with van der Waals surface area (Å²) >= 11 is 0. The first-order chi connectivity index (χ1) is 12.3. The minimum atomic E-state index is -2.11. The fourth-order valence-corrected chi connectivity index (χ4v) is 3.77. The van der Waals surface area contributed by atoms with Gasteiger partial charge >= 0.3 is 5.97 Å². The summed E-state index contributed by atoms with van der Waals surface area (Å²) < 4.78 is 0. The van der Waals surface area contributed by atoms with Crippen molar-refractivity contribution in [1.82, 2.24) is 0 Å². The van der Waals surface area contributed by atoms with E-state index in [9.17, 15) is 34.8 Å². The molecule has 2 aliphatic carbocycles. The van der Waals surface area contributed by atoms with Crippen molar-refractivity contribution in [3.05, 3.63) is 57.6 Å². The van der Waals surface area contributed by atoms with Gasteiger partial charge in [0.25, 0.3) is 0 Å². The van der Waals surface area contributed by atoms with Crippen molar-refractivity contribution in [2.75, 3.05) is 0 Å². The number of ketones is 2. The molecule has 2 aromatic carbocycles. The van der Waals surface area contributed by atoms with Gasteiger partial charge in [-0.05, 0) is 12.8 Å². The quantitative estimate of drug-likeness (QED) is 0.482. The van der Waals surface area contributed by atoms with Crippen LogP contribution in [0.4, 0.5) is 0 Å². The fraction of sp³-hybridized carbons (Fsp3) is 0.211. The van der Waals surface area contributed by atoms with E-state index in [2.05, 4.69) is 0 Å². The highest BCUT2D eigenvalue weighted by atomic mass is 16.4. The third kappa shape index (κ3) is 1.94. The molecule has 7 heteroatoms. The van der Waals surface area contributed by atoms with Crippen LogP contribution in [0.5, 0.6) is 11.5 Å². The van der Waals surface area contributed by atoms with Crippen molar-refractivity contribution in [2.45, 2.75) is 24.9 Å². The number of hydrogen-bond acceptors (Lipinski definition) is 6. The molecule has 0 spiro atoms. The molecule has 0 saturated heterocycles. The van der Waals surface area contributed by atoms with E-state index in [4.69, 9.17) is 0 Å². The Labute approximate surface area is 147 Å². The summed E-state index contributed by atoms with van der Waals surface area (Å²) in [4.78, 5) is 36.9. The van der Waals surface area contributed by atoms with E-state index in [1.54, 1.807) is 12.1 Å². The zero-order valence-electron chi connectivity index (χ0n) is 13.4. The Hall–Kier alpha value is -3.19. The van der Waals surface area contributed by atoms with Crippen LogP contribution < -0.4 is 0 Å². The predicted octanol–water partition coefficient (Wildman–Crippen LogP) is 1.18. The number of fused-ring (bicyclic) bond motifs is 3. The number of benzene rings is 2. The summed E-state index contributed by atoms with van der Waals surface area (Å²) in [7, 11) is 0. The molecule has 0 saturated carbocycles. The van der Waals surface area contributed by atoms with Gasteiger partial charge in [0.1, 0.15) is 11.5 Å². The Morgan fingerprint density at radius 2 is 1.42 bits per heavy atom. The van der Waals surface area contributed by atoms with Gasteiger partial charge in [0.05, 0.1) is 11.1 Å². The summed E-state index contributed by atoms with van der Waals surface area (Å²) in [6.45, 7) is 0. The third-order valence-corrected chi connectivity index (χ3v) is 5.19. The van der Waals surface area contributed by atoms with Crippen molar-refractivity contribution in [2.24, 2.45) is 0 Å². The molecule has 0 heterocycles. The summed E-state index contributed by atoms with van der Waals surface area (Å²) in [6.07, 6.45) is -0.693.